The molecule has 1 aromatic heterocycles. The molecular weight excluding hydrogens is 282 g/mol. The molecule has 0 aromatic carbocycles. The molecule has 0 atom stereocenters. The smallest absolute Gasteiger partial charge is 0.409 e. The van der Waals surface area contributed by atoms with Crippen LogP contribution in [-0.2, 0) is 7.05 Å². The minimum absolute atomic E-state index is 0.383. The first-order valence-electron chi connectivity index (χ1n) is 2.66. The molecule has 0 radical (unpaired) electrons. The number of carbonyl (C=O) groups excluding carboxylic acids is 1. The van der Waals surface area contributed by atoms with Crippen LogP contribution in [0.5, 0.6) is 5.75 Å². The molecule has 0 aliphatic rings. The van der Waals surface area contributed by atoms with Crippen LogP contribution in [0.15, 0.2) is 6.20 Å². The minimum atomic E-state index is -0.851. The molecule has 1 aromatic rings. The zero-order chi connectivity index (χ0) is 8.43. The highest BCUT2D eigenvalue weighted by atomic mass is 127. The summed E-state index contributed by atoms with van der Waals surface area (Å²) in [5.41, 5.74) is -0.851. The van der Waals surface area contributed by atoms with Gasteiger partial charge in [-0.15, -0.1) is 0 Å². The van der Waals surface area contributed by atoms with Gasteiger partial charge < -0.3 is 4.74 Å². The molecule has 0 unspecified atom stereocenters. The van der Waals surface area contributed by atoms with E-state index in [9.17, 15) is 4.79 Å². The Bertz CT molecular complexity index is 286. The summed E-state index contributed by atoms with van der Waals surface area (Å²) in [5, 5.41) is 3.93. The standard InChI is InChI=1S/C5H4ClIN2O2/c1-9-2-3(4(7)8-9)11-5(6)10/h2H,1H3. The molecule has 0 amide bonds. The Kier molecular flexibility index (Phi) is 2.72. The Morgan fingerprint density at radius 2 is 2.55 bits per heavy atom. The number of aryl methyl sites for hydroxylation is 1. The zero-order valence-electron chi connectivity index (χ0n) is 5.54. The van der Waals surface area contributed by atoms with E-state index in [1.54, 1.807) is 13.2 Å². The van der Waals surface area contributed by atoms with E-state index in [0.29, 0.717) is 9.45 Å². The van der Waals surface area contributed by atoms with Crippen molar-refractivity contribution in [2.75, 3.05) is 0 Å². The fourth-order valence-corrected chi connectivity index (χ4v) is 1.27. The number of rotatable bonds is 1. The van der Waals surface area contributed by atoms with Crippen LogP contribution < -0.4 is 4.74 Å². The van der Waals surface area contributed by atoms with E-state index in [4.69, 9.17) is 11.6 Å². The average molecular weight is 286 g/mol. The molecule has 0 fully saturated rings. The van der Waals surface area contributed by atoms with Gasteiger partial charge in [0.25, 0.3) is 0 Å². The number of aromatic nitrogens is 2. The lowest BCUT2D eigenvalue weighted by molar-refractivity contribution is 0.225. The molecule has 0 N–H and O–H groups in total. The predicted molar refractivity (Wildman–Crippen MR) is 47.8 cm³/mol. The lowest BCUT2D eigenvalue weighted by Gasteiger charge is -1.92. The van der Waals surface area contributed by atoms with Crippen molar-refractivity contribution in [2.45, 2.75) is 0 Å². The van der Waals surface area contributed by atoms with E-state index in [1.165, 1.54) is 4.68 Å². The summed E-state index contributed by atoms with van der Waals surface area (Å²) in [6.45, 7) is 0. The molecular formula is C5H4ClIN2O2. The van der Waals surface area contributed by atoms with E-state index >= 15 is 0 Å². The lowest BCUT2D eigenvalue weighted by atomic mass is 10.7. The molecule has 1 heterocycles. The Morgan fingerprint density at radius 3 is 2.91 bits per heavy atom. The lowest BCUT2D eigenvalue weighted by Crippen LogP contribution is -1.95. The van der Waals surface area contributed by atoms with Gasteiger partial charge in [0.15, 0.2) is 9.45 Å². The highest BCUT2D eigenvalue weighted by Crippen LogP contribution is 2.18. The third-order valence-electron chi connectivity index (χ3n) is 0.943. The fourth-order valence-electron chi connectivity index (χ4n) is 0.595. The Balaban J connectivity index is 2.85. The summed E-state index contributed by atoms with van der Waals surface area (Å²) in [6.07, 6.45) is 1.57. The summed E-state index contributed by atoms with van der Waals surface area (Å²) >= 11 is 6.94. The monoisotopic (exact) mass is 286 g/mol. The van der Waals surface area contributed by atoms with E-state index in [0.717, 1.165) is 0 Å². The predicted octanol–water partition coefficient (Wildman–Crippen LogP) is 1.76. The minimum Gasteiger partial charge on any atom is -0.410 e. The summed E-state index contributed by atoms with van der Waals surface area (Å²) in [6, 6.07) is 0. The Hall–Kier alpha value is -0.300. The molecule has 4 nitrogen and oxygen atoms in total. The number of ether oxygens (including phenoxy) is 1. The van der Waals surface area contributed by atoms with Gasteiger partial charge >= 0.3 is 5.43 Å². The van der Waals surface area contributed by atoms with E-state index in [2.05, 4.69) is 9.84 Å². The zero-order valence-corrected chi connectivity index (χ0v) is 8.46. The molecule has 0 spiro atoms. The summed E-state index contributed by atoms with van der Waals surface area (Å²) in [7, 11) is 1.73. The van der Waals surface area contributed by atoms with Crippen molar-refractivity contribution in [3.8, 4) is 5.75 Å². The van der Waals surface area contributed by atoms with Crippen molar-refractivity contribution in [1.82, 2.24) is 9.78 Å². The first-order chi connectivity index (χ1) is 5.09. The normalized spacial score (nSPS) is 9.73. The SMILES string of the molecule is Cn1cc(OC(=O)Cl)c(I)n1. The van der Waals surface area contributed by atoms with Gasteiger partial charge in [-0.3, -0.25) is 4.68 Å². The molecule has 0 saturated carbocycles. The van der Waals surface area contributed by atoms with Gasteiger partial charge in [-0.05, 0) is 22.6 Å². The van der Waals surface area contributed by atoms with Crippen LogP contribution in [0.1, 0.15) is 0 Å². The topological polar surface area (TPSA) is 44.1 Å². The van der Waals surface area contributed by atoms with Crippen LogP contribution in [-0.4, -0.2) is 15.2 Å². The fraction of sp³-hybridized carbons (Fsp3) is 0.200. The van der Waals surface area contributed by atoms with E-state index in [-0.39, 0.29) is 0 Å². The van der Waals surface area contributed by atoms with Crippen LogP contribution in [0.3, 0.4) is 0 Å². The van der Waals surface area contributed by atoms with Gasteiger partial charge in [0.1, 0.15) is 0 Å². The maximum absolute atomic E-state index is 10.3. The first kappa shape index (κ1) is 8.79. The van der Waals surface area contributed by atoms with Gasteiger partial charge in [-0.1, -0.05) is 0 Å². The Labute approximate surface area is 81.6 Å². The van der Waals surface area contributed by atoms with Crippen molar-refractivity contribution < 1.29 is 9.53 Å². The molecule has 1 rings (SSSR count). The summed E-state index contributed by atoms with van der Waals surface area (Å²) in [5.74, 6) is 0.383. The average Bonchev–Trinajstić information content (AvgIpc) is 2.09. The largest absolute Gasteiger partial charge is 0.410 e. The van der Waals surface area contributed by atoms with Crippen molar-refractivity contribution in [3.05, 3.63) is 9.90 Å². The van der Waals surface area contributed by atoms with Gasteiger partial charge in [0.2, 0.25) is 0 Å². The summed E-state index contributed by atoms with van der Waals surface area (Å²) in [4.78, 5) is 10.3. The molecule has 60 valence electrons. The third kappa shape index (κ3) is 2.33. The summed E-state index contributed by atoms with van der Waals surface area (Å²) < 4.78 is 6.75. The van der Waals surface area contributed by atoms with Crippen molar-refractivity contribution in [1.29, 1.82) is 0 Å². The molecule has 6 heteroatoms. The van der Waals surface area contributed by atoms with Crippen molar-refractivity contribution >= 4 is 39.6 Å². The maximum atomic E-state index is 10.3. The van der Waals surface area contributed by atoms with Crippen molar-refractivity contribution in [2.24, 2.45) is 7.05 Å². The number of hydrogen-bond acceptors (Lipinski definition) is 3. The van der Waals surface area contributed by atoms with Gasteiger partial charge in [-0.2, -0.15) is 5.10 Å². The van der Waals surface area contributed by atoms with E-state index < -0.39 is 5.43 Å². The van der Waals surface area contributed by atoms with Crippen LogP contribution in [0.2, 0.25) is 0 Å². The van der Waals surface area contributed by atoms with Crippen LogP contribution in [0.25, 0.3) is 0 Å². The van der Waals surface area contributed by atoms with Crippen LogP contribution in [0.4, 0.5) is 4.79 Å². The van der Waals surface area contributed by atoms with Gasteiger partial charge in [-0.25, -0.2) is 4.79 Å². The molecule has 11 heavy (non-hydrogen) atoms. The first-order valence-corrected chi connectivity index (χ1v) is 4.11. The molecule has 0 aliphatic carbocycles. The second-order valence-corrected chi connectivity index (χ2v) is 3.13. The van der Waals surface area contributed by atoms with Gasteiger partial charge in [0.05, 0.1) is 6.20 Å². The molecule has 0 saturated heterocycles. The van der Waals surface area contributed by atoms with Gasteiger partial charge in [0, 0.05) is 18.6 Å². The second kappa shape index (κ2) is 3.40. The highest BCUT2D eigenvalue weighted by Gasteiger charge is 2.08. The third-order valence-corrected chi connectivity index (χ3v) is 1.77. The van der Waals surface area contributed by atoms with Crippen molar-refractivity contribution in [3.63, 3.8) is 0 Å². The maximum Gasteiger partial charge on any atom is 0.409 e. The highest BCUT2D eigenvalue weighted by molar-refractivity contribution is 14.1. The van der Waals surface area contributed by atoms with Crippen LogP contribution in [0, 0.1) is 3.70 Å². The van der Waals surface area contributed by atoms with Crippen LogP contribution >= 0.6 is 34.2 Å². The number of hydrogen-bond donors (Lipinski definition) is 0. The molecule has 0 aliphatic heterocycles. The number of nitrogens with zero attached hydrogens (tertiary/aromatic N) is 2. The quantitative estimate of drug-likeness (QED) is 0.584. The number of carbonyl (C=O) groups is 1. The van der Waals surface area contributed by atoms with E-state index in [1.807, 2.05) is 22.6 Å². The number of halogens is 2. The second-order valence-electron chi connectivity index (χ2n) is 1.80. The molecule has 0 bridgehead atoms. The Morgan fingerprint density at radius 1 is 1.91 bits per heavy atom.